The number of nitrogens with one attached hydrogen (secondary N) is 1. The number of oxazole rings is 1. The van der Waals surface area contributed by atoms with Gasteiger partial charge < -0.3 is 14.6 Å². The lowest BCUT2D eigenvalue weighted by atomic mass is 10.1. The minimum atomic E-state index is -0.563. The lowest BCUT2D eigenvalue weighted by Crippen LogP contribution is -2.35. The van der Waals surface area contributed by atoms with E-state index in [4.69, 9.17) is 4.42 Å². The van der Waals surface area contributed by atoms with E-state index in [1.54, 1.807) is 30.3 Å². The third-order valence-corrected chi connectivity index (χ3v) is 4.97. The van der Waals surface area contributed by atoms with Crippen LogP contribution in [0.4, 0.5) is 11.4 Å². The molecule has 28 heavy (non-hydrogen) atoms. The molecule has 144 valence electrons. The molecule has 1 aliphatic rings. The Labute approximate surface area is 161 Å². The first-order valence-electron chi connectivity index (χ1n) is 9.32. The van der Waals surface area contributed by atoms with Gasteiger partial charge in [-0.15, -0.1) is 0 Å². The maximum atomic E-state index is 12.4. The van der Waals surface area contributed by atoms with Gasteiger partial charge in [-0.25, -0.2) is 4.79 Å². The largest absolute Gasteiger partial charge is 0.420 e. The van der Waals surface area contributed by atoms with Gasteiger partial charge in [-0.1, -0.05) is 12.1 Å². The van der Waals surface area contributed by atoms with E-state index in [-0.39, 0.29) is 18.4 Å². The summed E-state index contributed by atoms with van der Waals surface area (Å²) in [7, 11) is 0. The molecule has 2 amide bonds. The molecule has 2 heterocycles. The molecule has 0 radical (unpaired) electrons. The fourth-order valence-electron chi connectivity index (χ4n) is 3.60. The standard InChI is InChI=1S/C21H21N3O4/c1-14-12-15(9-10-16(14)23-11-5-4-8-20(23)26)22-19(25)13-24-17-6-2-3-7-18(17)28-21(24)27/h2-3,6-7,9-10,12H,4-5,8,11,13H2,1H3,(H,22,25). The highest BCUT2D eigenvalue weighted by Crippen LogP contribution is 2.27. The minimum Gasteiger partial charge on any atom is -0.408 e. The van der Waals surface area contributed by atoms with E-state index >= 15 is 0 Å². The molecular formula is C21H21N3O4. The Kier molecular flexibility index (Phi) is 4.73. The molecule has 7 nitrogen and oxygen atoms in total. The number of rotatable bonds is 4. The maximum absolute atomic E-state index is 12.4. The van der Waals surface area contributed by atoms with Gasteiger partial charge in [0.05, 0.1) is 5.52 Å². The average Bonchev–Trinajstić information content (AvgIpc) is 2.98. The minimum absolute atomic E-state index is 0.136. The van der Waals surface area contributed by atoms with Gasteiger partial charge in [-0.2, -0.15) is 0 Å². The second-order valence-electron chi connectivity index (χ2n) is 6.97. The van der Waals surface area contributed by atoms with Crippen LogP contribution in [0.2, 0.25) is 0 Å². The first kappa shape index (κ1) is 18.0. The molecule has 1 aromatic heterocycles. The second-order valence-corrected chi connectivity index (χ2v) is 6.97. The summed E-state index contributed by atoms with van der Waals surface area (Å²) < 4.78 is 6.46. The van der Waals surface area contributed by atoms with Crippen molar-refractivity contribution in [3.63, 3.8) is 0 Å². The summed E-state index contributed by atoms with van der Waals surface area (Å²) in [4.78, 5) is 38.4. The number of fused-ring (bicyclic) bond motifs is 1. The zero-order valence-electron chi connectivity index (χ0n) is 15.6. The molecule has 2 aromatic carbocycles. The highest BCUT2D eigenvalue weighted by Gasteiger charge is 2.21. The summed E-state index contributed by atoms with van der Waals surface area (Å²) in [5, 5.41) is 2.81. The summed E-state index contributed by atoms with van der Waals surface area (Å²) in [6, 6.07) is 12.5. The molecule has 0 bridgehead atoms. The highest BCUT2D eigenvalue weighted by molar-refractivity contribution is 5.96. The molecule has 1 fully saturated rings. The van der Waals surface area contributed by atoms with Crippen molar-refractivity contribution in [3.8, 4) is 0 Å². The van der Waals surface area contributed by atoms with Crippen LogP contribution in [0.5, 0.6) is 0 Å². The Morgan fingerprint density at radius 3 is 2.75 bits per heavy atom. The summed E-state index contributed by atoms with van der Waals surface area (Å²) >= 11 is 0. The van der Waals surface area contributed by atoms with Crippen molar-refractivity contribution in [1.82, 2.24) is 4.57 Å². The van der Waals surface area contributed by atoms with Gasteiger partial charge in [0.2, 0.25) is 11.8 Å². The fraction of sp³-hybridized carbons (Fsp3) is 0.286. The molecule has 1 saturated heterocycles. The van der Waals surface area contributed by atoms with Gasteiger partial charge in [-0.05, 0) is 55.7 Å². The van der Waals surface area contributed by atoms with Crippen molar-refractivity contribution in [1.29, 1.82) is 0 Å². The molecule has 0 aliphatic carbocycles. The number of carbonyl (C=O) groups excluding carboxylic acids is 2. The van der Waals surface area contributed by atoms with Crippen LogP contribution >= 0.6 is 0 Å². The van der Waals surface area contributed by atoms with Crippen LogP contribution in [0.25, 0.3) is 11.1 Å². The summed E-state index contributed by atoms with van der Waals surface area (Å²) in [6.45, 7) is 2.50. The van der Waals surface area contributed by atoms with Crippen LogP contribution in [0, 0.1) is 6.92 Å². The Bertz CT molecular complexity index is 1110. The number of hydrogen-bond donors (Lipinski definition) is 1. The van der Waals surface area contributed by atoms with Gasteiger partial charge >= 0.3 is 5.76 Å². The molecule has 1 N–H and O–H groups in total. The molecule has 3 aromatic rings. The van der Waals surface area contributed by atoms with E-state index in [1.165, 1.54) is 4.57 Å². The number of aryl methyl sites for hydroxylation is 1. The number of para-hydroxylation sites is 2. The lowest BCUT2D eigenvalue weighted by molar-refractivity contribution is -0.119. The van der Waals surface area contributed by atoms with Crippen molar-refractivity contribution in [2.75, 3.05) is 16.8 Å². The summed E-state index contributed by atoms with van der Waals surface area (Å²) in [5.74, 6) is -0.751. The van der Waals surface area contributed by atoms with E-state index < -0.39 is 5.76 Å². The van der Waals surface area contributed by atoms with Crippen molar-refractivity contribution >= 4 is 34.3 Å². The topological polar surface area (TPSA) is 84.6 Å². The third kappa shape index (κ3) is 3.43. The Morgan fingerprint density at radius 1 is 1.14 bits per heavy atom. The van der Waals surface area contributed by atoms with Crippen LogP contribution in [0.15, 0.2) is 51.7 Å². The summed E-state index contributed by atoms with van der Waals surface area (Å²) in [6.07, 6.45) is 2.51. The van der Waals surface area contributed by atoms with Gasteiger partial charge in [0.1, 0.15) is 6.54 Å². The predicted molar refractivity (Wildman–Crippen MR) is 106 cm³/mol. The van der Waals surface area contributed by atoms with Crippen molar-refractivity contribution in [2.24, 2.45) is 0 Å². The van der Waals surface area contributed by atoms with E-state index in [0.29, 0.717) is 23.2 Å². The lowest BCUT2D eigenvalue weighted by Gasteiger charge is -2.28. The van der Waals surface area contributed by atoms with Gasteiger partial charge in [0.15, 0.2) is 5.58 Å². The number of hydrogen-bond acceptors (Lipinski definition) is 4. The van der Waals surface area contributed by atoms with Crippen LogP contribution in [-0.2, 0) is 16.1 Å². The molecule has 0 saturated carbocycles. The Balaban J connectivity index is 1.50. The zero-order chi connectivity index (χ0) is 19.7. The van der Waals surface area contributed by atoms with Gasteiger partial charge in [-0.3, -0.25) is 14.2 Å². The molecule has 4 rings (SSSR count). The molecule has 0 spiro atoms. The average molecular weight is 379 g/mol. The van der Waals surface area contributed by atoms with Crippen LogP contribution in [-0.4, -0.2) is 22.9 Å². The number of nitrogens with zero attached hydrogens (tertiary/aromatic N) is 2. The van der Waals surface area contributed by atoms with Crippen molar-refractivity contribution in [2.45, 2.75) is 32.7 Å². The smallest absolute Gasteiger partial charge is 0.408 e. The van der Waals surface area contributed by atoms with Crippen LogP contribution in [0.1, 0.15) is 24.8 Å². The highest BCUT2D eigenvalue weighted by atomic mass is 16.4. The molecule has 1 aliphatic heterocycles. The predicted octanol–water partition coefficient (Wildman–Crippen LogP) is 3.06. The first-order valence-corrected chi connectivity index (χ1v) is 9.32. The van der Waals surface area contributed by atoms with Crippen LogP contribution in [0.3, 0.4) is 0 Å². The number of piperidine rings is 1. The first-order chi connectivity index (χ1) is 13.5. The number of anilines is 2. The van der Waals surface area contributed by atoms with Crippen molar-refractivity contribution < 1.29 is 14.0 Å². The Morgan fingerprint density at radius 2 is 1.96 bits per heavy atom. The normalized spacial score (nSPS) is 14.5. The SMILES string of the molecule is Cc1cc(NC(=O)Cn2c(=O)oc3ccccc32)ccc1N1CCCCC1=O. The molecule has 0 unspecified atom stereocenters. The van der Waals surface area contributed by atoms with Gasteiger partial charge in [0, 0.05) is 24.3 Å². The zero-order valence-corrected chi connectivity index (χ0v) is 15.6. The van der Waals surface area contributed by atoms with E-state index in [0.717, 1.165) is 30.6 Å². The number of aromatic nitrogens is 1. The third-order valence-electron chi connectivity index (χ3n) is 4.97. The maximum Gasteiger partial charge on any atom is 0.420 e. The quantitative estimate of drug-likeness (QED) is 0.755. The monoisotopic (exact) mass is 379 g/mol. The van der Waals surface area contributed by atoms with Crippen molar-refractivity contribution in [3.05, 3.63) is 58.6 Å². The summed E-state index contributed by atoms with van der Waals surface area (Å²) in [5.41, 5.74) is 3.44. The van der Waals surface area contributed by atoms with E-state index in [9.17, 15) is 14.4 Å². The van der Waals surface area contributed by atoms with Crippen LogP contribution < -0.4 is 16.0 Å². The Hall–Kier alpha value is -3.35. The number of benzene rings is 2. The number of amides is 2. The molecular weight excluding hydrogens is 358 g/mol. The number of carbonyl (C=O) groups is 2. The molecule has 0 atom stereocenters. The fourth-order valence-corrected chi connectivity index (χ4v) is 3.60. The van der Waals surface area contributed by atoms with Gasteiger partial charge in [0.25, 0.3) is 0 Å². The van der Waals surface area contributed by atoms with E-state index in [2.05, 4.69) is 5.32 Å². The second kappa shape index (κ2) is 7.34. The molecule has 7 heteroatoms. The van der Waals surface area contributed by atoms with E-state index in [1.807, 2.05) is 24.0 Å².